The van der Waals surface area contributed by atoms with E-state index in [2.05, 4.69) is 9.97 Å². The Morgan fingerprint density at radius 3 is 1.38 bits per heavy atom. The number of aromatic nitrogens is 2. The Hall–Kier alpha value is -6.70. The molecule has 14 heteroatoms. The molecule has 4 heterocycles. The normalized spacial score (nSPS) is 18.9. The molecular formula is C46H44F2N4O8. The SMILES string of the molecule is CC(=O)O[C@H]1CC(Cc2c(-c3[nH]c4cc(F)ccc4c3C[C@@H]3C[C@H](OC(C)=O)CN3C(=O)OCc3ccccc3)[nH]c3cc(F)ccc23)N(C(=O)OCc2ccccc2)C1. The summed E-state index contributed by atoms with van der Waals surface area (Å²) in [6.07, 6.45) is -1.19. The largest absolute Gasteiger partial charge is 0.461 e. The van der Waals surface area contributed by atoms with Crippen molar-refractivity contribution in [2.45, 2.75) is 77.0 Å². The minimum atomic E-state index is -0.588. The number of amides is 2. The van der Waals surface area contributed by atoms with Crippen molar-refractivity contribution in [3.8, 4) is 11.4 Å². The third-order valence-corrected chi connectivity index (χ3v) is 11.2. The molecule has 2 N–H and O–H groups in total. The number of nitrogens with zero attached hydrogens (tertiary/aromatic N) is 2. The van der Waals surface area contributed by atoms with E-state index in [1.165, 1.54) is 38.1 Å². The minimum absolute atomic E-state index is 0.0457. The molecule has 2 aromatic heterocycles. The highest BCUT2D eigenvalue weighted by molar-refractivity contribution is 5.96. The Labute approximate surface area is 344 Å². The zero-order valence-corrected chi connectivity index (χ0v) is 33.1. The van der Waals surface area contributed by atoms with Gasteiger partial charge < -0.3 is 38.7 Å². The van der Waals surface area contributed by atoms with Crippen LogP contribution in [-0.2, 0) is 54.6 Å². The van der Waals surface area contributed by atoms with Crippen LogP contribution in [0.25, 0.3) is 33.2 Å². The summed E-state index contributed by atoms with van der Waals surface area (Å²) in [6.45, 7) is 2.96. The first kappa shape index (κ1) is 40.1. The van der Waals surface area contributed by atoms with E-state index in [0.717, 1.165) is 22.3 Å². The predicted octanol–water partition coefficient (Wildman–Crippen LogP) is 8.37. The monoisotopic (exact) mass is 818 g/mol. The van der Waals surface area contributed by atoms with E-state index >= 15 is 0 Å². The Bertz CT molecular complexity index is 2370. The molecule has 0 radical (unpaired) electrons. The van der Waals surface area contributed by atoms with Crippen molar-refractivity contribution in [3.05, 3.63) is 131 Å². The highest BCUT2D eigenvalue weighted by atomic mass is 19.1. The van der Waals surface area contributed by atoms with Crippen molar-refractivity contribution in [3.63, 3.8) is 0 Å². The van der Waals surface area contributed by atoms with Gasteiger partial charge in [-0.1, -0.05) is 60.7 Å². The molecule has 60 heavy (non-hydrogen) atoms. The highest BCUT2D eigenvalue weighted by Gasteiger charge is 2.41. The van der Waals surface area contributed by atoms with Crippen LogP contribution >= 0.6 is 0 Å². The van der Waals surface area contributed by atoms with E-state index in [1.54, 1.807) is 21.9 Å². The number of fused-ring (bicyclic) bond motifs is 2. The lowest BCUT2D eigenvalue weighted by Gasteiger charge is -2.25. The Kier molecular flexibility index (Phi) is 11.5. The molecule has 6 aromatic rings. The standard InChI is InChI=1S/C46H44F2N4O8/c1-27(53)59-35-19-33(51(23-35)45(55)57-25-29-9-5-3-6-10-29)21-39-37-15-13-31(47)17-41(37)49-43(39)44-40(38-16-14-32(48)18-42(38)50-44)22-34-20-36(60-28(2)54)24-52(34)46(56)58-26-30-11-7-4-8-12-30/h3-18,33-36,49-50H,19-26H2,1-2H3/t33-,34?,35-,36-/m0/s1. The molecule has 8 rings (SSSR count). The minimum Gasteiger partial charge on any atom is -0.461 e. The van der Waals surface area contributed by atoms with Gasteiger partial charge in [0.2, 0.25) is 0 Å². The number of hydrogen-bond donors (Lipinski definition) is 2. The first-order chi connectivity index (χ1) is 29.0. The van der Waals surface area contributed by atoms with Crippen LogP contribution in [0, 0.1) is 11.6 Å². The van der Waals surface area contributed by atoms with Crippen LogP contribution < -0.4 is 0 Å². The molecule has 0 bridgehead atoms. The number of likely N-dealkylation sites (tertiary alicyclic amines) is 2. The van der Waals surface area contributed by atoms with Crippen molar-refractivity contribution in [2.75, 3.05) is 13.1 Å². The molecule has 4 atom stereocenters. The lowest BCUT2D eigenvalue weighted by Crippen LogP contribution is -2.38. The van der Waals surface area contributed by atoms with Crippen molar-refractivity contribution in [1.82, 2.24) is 19.8 Å². The van der Waals surface area contributed by atoms with Gasteiger partial charge in [-0.05, 0) is 71.5 Å². The van der Waals surface area contributed by atoms with Gasteiger partial charge in [0.1, 0.15) is 37.1 Å². The van der Waals surface area contributed by atoms with Gasteiger partial charge >= 0.3 is 24.1 Å². The Morgan fingerprint density at radius 1 is 0.600 bits per heavy atom. The van der Waals surface area contributed by atoms with Crippen LogP contribution in [-0.4, -0.2) is 81.3 Å². The van der Waals surface area contributed by atoms with E-state index in [9.17, 15) is 28.0 Å². The lowest BCUT2D eigenvalue weighted by molar-refractivity contribution is -0.146. The number of ether oxygens (including phenoxy) is 4. The van der Waals surface area contributed by atoms with Crippen LogP contribution in [0.4, 0.5) is 18.4 Å². The van der Waals surface area contributed by atoms with Crippen LogP contribution in [0.2, 0.25) is 0 Å². The second kappa shape index (κ2) is 17.3. The number of halogens is 2. The van der Waals surface area contributed by atoms with Crippen molar-refractivity contribution < 1.29 is 46.9 Å². The van der Waals surface area contributed by atoms with Crippen molar-refractivity contribution in [2.24, 2.45) is 0 Å². The van der Waals surface area contributed by atoms with Gasteiger partial charge in [-0.3, -0.25) is 9.59 Å². The van der Waals surface area contributed by atoms with E-state index in [4.69, 9.17) is 18.9 Å². The molecular weight excluding hydrogens is 775 g/mol. The topological polar surface area (TPSA) is 143 Å². The number of carbonyl (C=O) groups excluding carboxylic acids is 4. The van der Waals surface area contributed by atoms with Crippen molar-refractivity contribution >= 4 is 45.9 Å². The number of nitrogens with one attached hydrogen (secondary N) is 2. The summed E-state index contributed by atoms with van der Waals surface area (Å²) < 4.78 is 52.4. The molecule has 1 unspecified atom stereocenters. The lowest BCUT2D eigenvalue weighted by atomic mass is 9.95. The zero-order valence-electron chi connectivity index (χ0n) is 33.1. The first-order valence-corrected chi connectivity index (χ1v) is 19.9. The molecule has 310 valence electrons. The van der Waals surface area contributed by atoms with Crippen LogP contribution in [0.5, 0.6) is 0 Å². The molecule has 4 aromatic carbocycles. The maximum absolute atomic E-state index is 14.9. The summed E-state index contributed by atoms with van der Waals surface area (Å²) in [7, 11) is 0. The summed E-state index contributed by atoms with van der Waals surface area (Å²) in [5, 5.41) is 1.38. The number of rotatable bonds is 11. The molecule has 2 amide bonds. The number of H-pyrrole nitrogens is 2. The fourth-order valence-electron chi connectivity index (χ4n) is 8.60. The third-order valence-electron chi connectivity index (χ3n) is 11.2. The molecule has 2 fully saturated rings. The average Bonchev–Trinajstić information content (AvgIpc) is 3.99. The number of hydrogen-bond acceptors (Lipinski definition) is 8. The summed E-state index contributed by atoms with van der Waals surface area (Å²) in [5.41, 5.74) is 5.22. The van der Waals surface area contributed by atoms with E-state index in [1.807, 2.05) is 60.7 Å². The van der Waals surface area contributed by atoms with Gasteiger partial charge in [0.25, 0.3) is 0 Å². The van der Waals surface area contributed by atoms with Gasteiger partial charge in [-0.25, -0.2) is 18.4 Å². The van der Waals surface area contributed by atoms with E-state index in [-0.39, 0.29) is 39.1 Å². The summed E-state index contributed by atoms with van der Waals surface area (Å²) >= 11 is 0. The molecule has 2 aliphatic rings. The quantitative estimate of drug-likeness (QED) is 0.0981. The van der Waals surface area contributed by atoms with Gasteiger partial charge in [0, 0.05) is 60.6 Å². The molecule has 2 aliphatic heterocycles. The second-order valence-electron chi connectivity index (χ2n) is 15.4. The molecule has 0 aliphatic carbocycles. The number of benzene rings is 4. The zero-order chi connectivity index (χ0) is 41.9. The maximum Gasteiger partial charge on any atom is 0.410 e. The van der Waals surface area contributed by atoms with Gasteiger partial charge in [-0.2, -0.15) is 0 Å². The molecule has 0 spiro atoms. The smallest absolute Gasteiger partial charge is 0.410 e. The summed E-state index contributed by atoms with van der Waals surface area (Å²) in [5.74, 6) is -1.88. The second-order valence-corrected chi connectivity index (χ2v) is 15.4. The highest BCUT2D eigenvalue weighted by Crippen LogP contribution is 2.40. The number of esters is 2. The molecule has 0 saturated carbocycles. The summed E-state index contributed by atoms with van der Waals surface area (Å²) in [6, 6.07) is 26.4. The molecule has 12 nitrogen and oxygen atoms in total. The van der Waals surface area contributed by atoms with E-state index in [0.29, 0.717) is 46.0 Å². The Balaban J connectivity index is 1.17. The maximum atomic E-state index is 14.9. The van der Waals surface area contributed by atoms with Gasteiger partial charge in [-0.15, -0.1) is 0 Å². The fraction of sp³-hybridized carbons (Fsp3) is 0.304. The van der Waals surface area contributed by atoms with Crippen molar-refractivity contribution in [1.29, 1.82) is 0 Å². The third kappa shape index (κ3) is 8.82. The van der Waals surface area contributed by atoms with Crippen LogP contribution in [0.1, 0.15) is 48.9 Å². The van der Waals surface area contributed by atoms with Gasteiger partial charge in [0.05, 0.1) is 24.5 Å². The van der Waals surface area contributed by atoms with Crippen LogP contribution in [0.3, 0.4) is 0 Å². The average molecular weight is 819 g/mol. The number of carbonyl (C=O) groups is 4. The van der Waals surface area contributed by atoms with Gasteiger partial charge in [0.15, 0.2) is 0 Å². The van der Waals surface area contributed by atoms with Crippen LogP contribution in [0.15, 0.2) is 97.1 Å². The predicted molar refractivity (Wildman–Crippen MR) is 217 cm³/mol. The summed E-state index contributed by atoms with van der Waals surface area (Å²) in [4.78, 5) is 61.7. The number of aromatic amines is 2. The first-order valence-electron chi connectivity index (χ1n) is 19.9. The molecule has 2 saturated heterocycles. The fourth-order valence-corrected chi connectivity index (χ4v) is 8.60. The van der Waals surface area contributed by atoms with E-state index < -0.39 is 60.1 Å². The Morgan fingerprint density at radius 2 is 1.00 bits per heavy atom.